The maximum absolute atomic E-state index is 10.2. The maximum atomic E-state index is 10.2. The molecule has 0 aliphatic carbocycles. The van der Waals surface area contributed by atoms with Gasteiger partial charge in [-0.15, -0.1) is 0 Å². The van der Waals surface area contributed by atoms with E-state index in [0.29, 0.717) is 0 Å². The van der Waals surface area contributed by atoms with E-state index in [-0.39, 0.29) is 0 Å². The number of hydrogen-bond acceptors (Lipinski definition) is 5. The van der Waals surface area contributed by atoms with Crippen molar-refractivity contribution in [3.05, 3.63) is 0 Å². The van der Waals surface area contributed by atoms with Crippen molar-refractivity contribution in [2.24, 2.45) is 0 Å². The normalized spacial score (nSPS) is 12.2. The Balaban J connectivity index is 0. The van der Waals surface area contributed by atoms with E-state index >= 15 is 0 Å². The number of carboxylic acid groups (broad SMARTS) is 2. The molecule has 0 amide bonds. The van der Waals surface area contributed by atoms with Gasteiger partial charge in [-0.25, -0.2) is 0 Å². The fourth-order valence-corrected chi connectivity index (χ4v) is 1.34. The lowest BCUT2D eigenvalue weighted by atomic mass is 10.3. The van der Waals surface area contributed by atoms with Gasteiger partial charge in [-0.2, -0.15) is 8.42 Å². The van der Waals surface area contributed by atoms with E-state index < -0.39 is 33.7 Å². The monoisotopic (exact) mass is 271 g/mol. The average molecular weight is 271 g/mol. The van der Waals surface area contributed by atoms with E-state index in [4.69, 9.17) is 14.8 Å². The van der Waals surface area contributed by atoms with Crippen molar-refractivity contribution in [3.63, 3.8) is 0 Å². The van der Waals surface area contributed by atoms with Gasteiger partial charge in [-0.05, 0) is 13.1 Å². The van der Waals surface area contributed by atoms with Gasteiger partial charge in [-0.1, -0.05) is 13.8 Å². The van der Waals surface area contributed by atoms with Crippen LogP contribution in [0.5, 0.6) is 0 Å². The van der Waals surface area contributed by atoms with Crippen LogP contribution in [-0.4, -0.2) is 53.5 Å². The number of nitrogens with one attached hydrogen (secondary N) is 1. The second-order valence-electron chi connectivity index (χ2n) is 2.90. The van der Waals surface area contributed by atoms with Crippen molar-refractivity contribution < 1.29 is 32.8 Å². The minimum absolute atomic E-state index is 1.09. The number of carbonyl (C=O) groups is 2. The molecular formula is C8H17NO7S. The summed E-state index contributed by atoms with van der Waals surface area (Å²) in [6.45, 7) is 6.39. The molecule has 0 aromatic carbocycles. The van der Waals surface area contributed by atoms with Gasteiger partial charge in [0.15, 0.2) is 5.25 Å². The molecule has 0 saturated carbocycles. The highest BCUT2D eigenvalue weighted by molar-refractivity contribution is 7.87. The topological polar surface area (TPSA) is 141 Å². The van der Waals surface area contributed by atoms with E-state index in [2.05, 4.69) is 19.2 Å². The summed E-state index contributed by atoms with van der Waals surface area (Å²) in [6, 6.07) is 0. The fourth-order valence-electron chi connectivity index (χ4n) is 0.729. The van der Waals surface area contributed by atoms with E-state index in [9.17, 15) is 18.0 Å². The second kappa shape index (κ2) is 8.90. The number of rotatable bonds is 6. The summed E-state index contributed by atoms with van der Waals surface area (Å²) in [4.78, 5) is 20.0. The Morgan fingerprint density at radius 3 is 1.65 bits per heavy atom. The van der Waals surface area contributed by atoms with Crippen LogP contribution < -0.4 is 5.32 Å². The van der Waals surface area contributed by atoms with Crippen LogP contribution >= 0.6 is 0 Å². The zero-order chi connectivity index (χ0) is 14.1. The smallest absolute Gasteiger partial charge is 0.325 e. The number of aliphatic carboxylic acids is 2. The minimum Gasteiger partial charge on any atom is -0.481 e. The van der Waals surface area contributed by atoms with E-state index in [1.807, 2.05) is 0 Å². The van der Waals surface area contributed by atoms with E-state index in [1.54, 1.807) is 0 Å². The third-order valence-electron chi connectivity index (χ3n) is 1.50. The van der Waals surface area contributed by atoms with Crippen molar-refractivity contribution in [2.75, 3.05) is 13.1 Å². The Morgan fingerprint density at radius 2 is 1.59 bits per heavy atom. The molecular weight excluding hydrogens is 254 g/mol. The fraction of sp³-hybridized carbons (Fsp3) is 0.750. The van der Waals surface area contributed by atoms with Gasteiger partial charge in [0.2, 0.25) is 0 Å². The van der Waals surface area contributed by atoms with Crippen LogP contribution in [0.25, 0.3) is 0 Å². The third kappa shape index (κ3) is 11.1. The number of carboxylic acids is 2. The molecule has 17 heavy (non-hydrogen) atoms. The van der Waals surface area contributed by atoms with Gasteiger partial charge >= 0.3 is 11.9 Å². The first-order valence-corrected chi connectivity index (χ1v) is 6.28. The Kier molecular flexibility index (Phi) is 9.52. The average Bonchev–Trinajstić information content (AvgIpc) is 2.14. The summed E-state index contributed by atoms with van der Waals surface area (Å²) >= 11 is 0. The summed E-state index contributed by atoms with van der Waals surface area (Å²) < 4.78 is 28.7. The van der Waals surface area contributed by atoms with Crippen LogP contribution in [0.4, 0.5) is 0 Å². The molecule has 0 rings (SSSR count). The minimum atomic E-state index is -4.84. The van der Waals surface area contributed by atoms with Crippen LogP contribution in [0.2, 0.25) is 0 Å². The SMILES string of the molecule is CCNCC.O=C(O)CC(C(=O)O)S(=O)(=O)O. The zero-order valence-corrected chi connectivity index (χ0v) is 10.4. The Bertz CT molecular complexity index is 336. The van der Waals surface area contributed by atoms with Crippen molar-refractivity contribution >= 4 is 22.1 Å². The molecule has 1 unspecified atom stereocenters. The Hall–Kier alpha value is -1.19. The highest BCUT2D eigenvalue weighted by Gasteiger charge is 2.33. The quantitative estimate of drug-likeness (QED) is 0.470. The molecule has 4 N–H and O–H groups in total. The highest BCUT2D eigenvalue weighted by Crippen LogP contribution is 2.04. The van der Waals surface area contributed by atoms with E-state index in [0.717, 1.165) is 13.1 Å². The third-order valence-corrected chi connectivity index (χ3v) is 2.58. The predicted molar refractivity (Wildman–Crippen MR) is 59.4 cm³/mol. The van der Waals surface area contributed by atoms with Crippen LogP contribution in [0.1, 0.15) is 20.3 Å². The van der Waals surface area contributed by atoms with Crippen LogP contribution in [0.15, 0.2) is 0 Å². The lowest BCUT2D eigenvalue weighted by molar-refractivity contribution is -0.143. The molecule has 0 aromatic heterocycles. The first-order valence-electron chi connectivity index (χ1n) is 4.78. The molecule has 0 radical (unpaired) electrons. The molecule has 0 bridgehead atoms. The second-order valence-corrected chi connectivity index (χ2v) is 4.50. The number of hydrogen-bond donors (Lipinski definition) is 4. The summed E-state index contributed by atoms with van der Waals surface area (Å²) in [5.41, 5.74) is 0. The molecule has 0 saturated heterocycles. The Labute approximate surface area is 99.4 Å². The van der Waals surface area contributed by atoms with Crippen molar-refractivity contribution in [1.29, 1.82) is 0 Å². The van der Waals surface area contributed by atoms with Gasteiger partial charge in [0, 0.05) is 0 Å². The van der Waals surface area contributed by atoms with Crippen molar-refractivity contribution in [1.82, 2.24) is 5.32 Å². The molecule has 0 aliphatic rings. The molecule has 0 heterocycles. The lowest BCUT2D eigenvalue weighted by Gasteiger charge is -2.04. The van der Waals surface area contributed by atoms with Gasteiger partial charge in [0.05, 0.1) is 6.42 Å². The van der Waals surface area contributed by atoms with Crippen LogP contribution in [0, 0.1) is 0 Å². The maximum Gasteiger partial charge on any atom is 0.325 e. The first kappa shape index (κ1) is 18.2. The van der Waals surface area contributed by atoms with Crippen molar-refractivity contribution in [3.8, 4) is 0 Å². The van der Waals surface area contributed by atoms with Gasteiger partial charge < -0.3 is 15.5 Å². The highest BCUT2D eigenvalue weighted by atomic mass is 32.2. The zero-order valence-electron chi connectivity index (χ0n) is 9.58. The Morgan fingerprint density at radius 1 is 1.18 bits per heavy atom. The molecule has 9 heteroatoms. The molecule has 102 valence electrons. The predicted octanol–water partition coefficient (Wildman–Crippen LogP) is -0.582. The van der Waals surface area contributed by atoms with E-state index in [1.165, 1.54) is 0 Å². The molecule has 0 aromatic rings. The van der Waals surface area contributed by atoms with Gasteiger partial charge in [0.25, 0.3) is 10.1 Å². The summed E-state index contributed by atoms with van der Waals surface area (Å²) in [5.74, 6) is -3.50. The molecule has 0 fully saturated rings. The lowest BCUT2D eigenvalue weighted by Crippen LogP contribution is -2.31. The summed E-state index contributed by atoms with van der Waals surface area (Å²) in [7, 11) is -4.84. The molecule has 1 atom stereocenters. The molecule has 0 spiro atoms. The standard InChI is InChI=1S/C4H11N.C4H6O7S/c1-3-5-4-2;5-3(6)1-2(4(7)8)12(9,10)11/h5H,3-4H2,1-2H3;2H,1H2,(H,5,6)(H,7,8)(H,9,10,11). The summed E-state index contributed by atoms with van der Waals surface area (Å²) in [5, 5.41) is 17.0. The summed E-state index contributed by atoms with van der Waals surface area (Å²) in [6.07, 6.45) is -1.16. The molecule has 8 nitrogen and oxygen atoms in total. The van der Waals surface area contributed by atoms with Gasteiger partial charge in [-0.3, -0.25) is 14.1 Å². The van der Waals surface area contributed by atoms with Gasteiger partial charge in [0.1, 0.15) is 0 Å². The van der Waals surface area contributed by atoms with Crippen LogP contribution in [0.3, 0.4) is 0 Å². The largest absolute Gasteiger partial charge is 0.481 e. The molecule has 0 aliphatic heterocycles. The van der Waals surface area contributed by atoms with Crippen LogP contribution in [-0.2, 0) is 19.7 Å². The van der Waals surface area contributed by atoms with Crippen molar-refractivity contribution in [2.45, 2.75) is 25.5 Å². The first-order chi connectivity index (χ1) is 7.66.